The van der Waals surface area contributed by atoms with Crippen molar-refractivity contribution < 1.29 is 17.6 Å². The van der Waals surface area contributed by atoms with Crippen LogP contribution >= 0.6 is 11.3 Å². The maximum Gasteiger partial charge on any atom is 0.443 e. The number of halogens is 3. The average Bonchev–Trinajstić information content (AvgIpc) is 2.84. The lowest BCUT2D eigenvalue weighted by Crippen LogP contribution is -2.02. The highest BCUT2D eigenvalue weighted by atomic mass is 32.1. The Morgan fingerprint density at radius 3 is 2.75 bits per heavy atom. The van der Waals surface area contributed by atoms with Crippen molar-refractivity contribution in [3.05, 3.63) is 29.3 Å². The van der Waals surface area contributed by atoms with Gasteiger partial charge in [-0.1, -0.05) is 0 Å². The second-order valence-electron chi connectivity index (χ2n) is 2.99. The molecule has 16 heavy (non-hydrogen) atoms. The van der Waals surface area contributed by atoms with Gasteiger partial charge in [-0.15, -0.1) is 11.3 Å². The Labute approximate surface area is 92.7 Å². The molecule has 2 rings (SSSR count). The summed E-state index contributed by atoms with van der Waals surface area (Å²) < 4.78 is 42.0. The first-order valence-corrected chi connectivity index (χ1v) is 5.14. The molecule has 0 unspecified atom stereocenters. The molecule has 0 bridgehead atoms. The standard InChI is InChI=1S/C9H7F3N2OS/c10-9(11,12)8-14-4-7(16-8)5-1-2-15-6(5)3-13/h1-2,4H,3,13H2. The van der Waals surface area contributed by atoms with Gasteiger partial charge in [0.05, 0.1) is 17.7 Å². The summed E-state index contributed by atoms with van der Waals surface area (Å²) in [6.45, 7) is 0.140. The van der Waals surface area contributed by atoms with Crippen LogP contribution in [0, 0.1) is 0 Å². The fraction of sp³-hybridized carbons (Fsp3) is 0.222. The average molecular weight is 248 g/mol. The van der Waals surface area contributed by atoms with E-state index in [9.17, 15) is 13.2 Å². The van der Waals surface area contributed by atoms with E-state index >= 15 is 0 Å². The molecule has 3 nitrogen and oxygen atoms in total. The number of aromatic nitrogens is 1. The minimum Gasteiger partial charge on any atom is -0.467 e. The molecule has 2 heterocycles. The molecule has 0 amide bonds. The lowest BCUT2D eigenvalue weighted by atomic mass is 10.2. The number of hydrogen-bond donors (Lipinski definition) is 1. The van der Waals surface area contributed by atoms with Crippen LogP contribution in [0.3, 0.4) is 0 Å². The van der Waals surface area contributed by atoms with Crippen LogP contribution in [0.15, 0.2) is 22.9 Å². The number of hydrogen-bond acceptors (Lipinski definition) is 4. The van der Waals surface area contributed by atoms with E-state index in [1.165, 1.54) is 12.5 Å². The number of alkyl halides is 3. The fourth-order valence-electron chi connectivity index (χ4n) is 1.25. The van der Waals surface area contributed by atoms with Gasteiger partial charge in [0.15, 0.2) is 5.01 Å². The van der Waals surface area contributed by atoms with Crippen LogP contribution in [-0.4, -0.2) is 4.98 Å². The zero-order valence-corrected chi connectivity index (χ0v) is 8.73. The normalized spacial score (nSPS) is 12.0. The van der Waals surface area contributed by atoms with E-state index in [1.807, 2.05) is 0 Å². The van der Waals surface area contributed by atoms with Gasteiger partial charge in [-0.3, -0.25) is 0 Å². The molecule has 7 heteroatoms. The third-order valence-electron chi connectivity index (χ3n) is 1.94. The molecule has 0 saturated heterocycles. The second-order valence-corrected chi connectivity index (χ2v) is 4.02. The van der Waals surface area contributed by atoms with Gasteiger partial charge in [0.1, 0.15) is 5.76 Å². The Bertz CT molecular complexity index is 489. The topological polar surface area (TPSA) is 52.0 Å². The van der Waals surface area contributed by atoms with Gasteiger partial charge in [0, 0.05) is 11.8 Å². The van der Waals surface area contributed by atoms with Gasteiger partial charge in [-0.05, 0) is 6.07 Å². The molecule has 0 saturated carbocycles. The zero-order valence-electron chi connectivity index (χ0n) is 7.91. The molecule has 2 N–H and O–H groups in total. The van der Waals surface area contributed by atoms with E-state index in [0.717, 1.165) is 0 Å². The van der Waals surface area contributed by atoms with Crippen LogP contribution in [0.4, 0.5) is 13.2 Å². The highest BCUT2D eigenvalue weighted by Gasteiger charge is 2.34. The number of furan rings is 1. The lowest BCUT2D eigenvalue weighted by Gasteiger charge is -1.99. The summed E-state index contributed by atoms with van der Waals surface area (Å²) >= 11 is 0.575. The van der Waals surface area contributed by atoms with E-state index in [1.54, 1.807) is 6.07 Å². The SMILES string of the molecule is NCc1occc1-c1cnc(C(F)(F)F)s1. The number of nitrogens with zero attached hydrogens (tertiary/aromatic N) is 1. The van der Waals surface area contributed by atoms with Crippen molar-refractivity contribution in [2.24, 2.45) is 5.73 Å². The van der Waals surface area contributed by atoms with Gasteiger partial charge in [0.2, 0.25) is 0 Å². The minimum absolute atomic E-state index is 0.140. The third kappa shape index (κ3) is 1.96. The van der Waals surface area contributed by atoms with Crippen molar-refractivity contribution in [1.82, 2.24) is 4.98 Å². The predicted molar refractivity (Wildman–Crippen MR) is 52.7 cm³/mol. The minimum atomic E-state index is -4.41. The Hall–Kier alpha value is -1.34. The van der Waals surface area contributed by atoms with Crippen LogP contribution in [0.25, 0.3) is 10.4 Å². The van der Waals surface area contributed by atoms with E-state index in [-0.39, 0.29) is 6.54 Å². The van der Waals surface area contributed by atoms with E-state index < -0.39 is 11.2 Å². The molecule has 0 aromatic carbocycles. The third-order valence-corrected chi connectivity index (χ3v) is 3.02. The molecule has 0 atom stereocenters. The summed E-state index contributed by atoms with van der Waals surface area (Å²) in [7, 11) is 0. The first-order chi connectivity index (χ1) is 7.52. The summed E-state index contributed by atoms with van der Waals surface area (Å²) in [5, 5.41) is -0.869. The Morgan fingerprint density at radius 2 is 2.19 bits per heavy atom. The highest BCUT2D eigenvalue weighted by molar-refractivity contribution is 7.15. The molecule has 0 aliphatic rings. The Kier molecular flexibility index (Phi) is 2.73. The van der Waals surface area contributed by atoms with Gasteiger partial charge in [-0.25, -0.2) is 4.98 Å². The summed E-state index contributed by atoms with van der Waals surface area (Å²) in [5.74, 6) is 0.456. The maximum absolute atomic E-state index is 12.3. The number of rotatable bonds is 2. The molecule has 86 valence electrons. The summed E-state index contributed by atoms with van der Waals surface area (Å²) in [6, 6.07) is 1.58. The molecule has 2 aromatic rings. The molecular formula is C9H7F3N2OS. The number of thiazole rings is 1. The molecule has 0 fully saturated rings. The van der Waals surface area contributed by atoms with E-state index in [2.05, 4.69) is 4.98 Å². The monoisotopic (exact) mass is 248 g/mol. The highest BCUT2D eigenvalue weighted by Crippen LogP contribution is 2.37. The van der Waals surface area contributed by atoms with Crippen molar-refractivity contribution in [3.63, 3.8) is 0 Å². The molecule has 0 aliphatic heterocycles. The zero-order chi connectivity index (χ0) is 11.8. The fourth-order valence-corrected chi connectivity index (χ4v) is 2.07. The van der Waals surface area contributed by atoms with Gasteiger partial charge < -0.3 is 10.2 Å². The molecule has 0 spiro atoms. The predicted octanol–water partition coefficient (Wildman–Crippen LogP) is 2.88. The Balaban J connectivity index is 2.39. The van der Waals surface area contributed by atoms with Crippen molar-refractivity contribution >= 4 is 11.3 Å². The lowest BCUT2D eigenvalue weighted by molar-refractivity contribution is -0.137. The van der Waals surface area contributed by atoms with Crippen LogP contribution in [0.5, 0.6) is 0 Å². The van der Waals surface area contributed by atoms with Crippen LogP contribution in [0.2, 0.25) is 0 Å². The smallest absolute Gasteiger partial charge is 0.443 e. The van der Waals surface area contributed by atoms with Crippen LogP contribution < -0.4 is 5.73 Å². The summed E-state index contributed by atoms with van der Waals surface area (Å²) in [6.07, 6.45) is -1.84. The van der Waals surface area contributed by atoms with Crippen LogP contribution in [0.1, 0.15) is 10.8 Å². The van der Waals surface area contributed by atoms with Crippen molar-refractivity contribution in [2.45, 2.75) is 12.7 Å². The van der Waals surface area contributed by atoms with Gasteiger partial charge in [0.25, 0.3) is 0 Å². The van der Waals surface area contributed by atoms with E-state index in [4.69, 9.17) is 10.2 Å². The van der Waals surface area contributed by atoms with Gasteiger partial charge in [-0.2, -0.15) is 13.2 Å². The molecule has 2 aromatic heterocycles. The molecule has 0 radical (unpaired) electrons. The van der Waals surface area contributed by atoms with Crippen molar-refractivity contribution in [1.29, 1.82) is 0 Å². The van der Waals surface area contributed by atoms with Crippen LogP contribution in [-0.2, 0) is 12.7 Å². The van der Waals surface area contributed by atoms with Crippen molar-refractivity contribution in [3.8, 4) is 10.4 Å². The quantitative estimate of drug-likeness (QED) is 0.889. The summed E-state index contributed by atoms with van der Waals surface area (Å²) in [4.78, 5) is 3.73. The largest absolute Gasteiger partial charge is 0.467 e. The van der Waals surface area contributed by atoms with Crippen molar-refractivity contribution in [2.75, 3.05) is 0 Å². The number of nitrogens with two attached hydrogens (primary N) is 1. The molecular weight excluding hydrogens is 241 g/mol. The first kappa shape index (κ1) is 11.2. The van der Waals surface area contributed by atoms with E-state index in [0.29, 0.717) is 27.5 Å². The summed E-state index contributed by atoms with van der Waals surface area (Å²) in [5.41, 5.74) is 5.96. The molecule has 0 aliphatic carbocycles. The first-order valence-electron chi connectivity index (χ1n) is 4.32. The maximum atomic E-state index is 12.3. The second kappa shape index (κ2) is 3.91. The Morgan fingerprint density at radius 1 is 1.44 bits per heavy atom. The van der Waals surface area contributed by atoms with Gasteiger partial charge >= 0.3 is 6.18 Å².